The van der Waals surface area contributed by atoms with Gasteiger partial charge in [-0.25, -0.2) is 0 Å². The molecule has 0 amide bonds. The summed E-state index contributed by atoms with van der Waals surface area (Å²) in [4.78, 5) is 10.9. The van der Waals surface area contributed by atoms with Crippen LogP contribution in [-0.4, -0.2) is 13.4 Å². The summed E-state index contributed by atoms with van der Waals surface area (Å²) >= 11 is 0. The maximum atomic E-state index is 10.9. The molecule has 0 heterocycles. The van der Waals surface area contributed by atoms with E-state index in [0.29, 0.717) is 5.56 Å². The van der Waals surface area contributed by atoms with Gasteiger partial charge in [0.1, 0.15) is 12.0 Å². The standard InChI is InChI=1S/C18H20O2/c1-18(2,3)15-8-6-14(7-9-15)16-11-13(12-19)5-10-17(16)20-4/h5-12H,1-4H3. The summed E-state index contributed by atoms with van der Waals surface area (Å²) in [5.41, 5.74) is 4.07. The van der Waals surface area contributed by atoms with Gasteiger partial charge in [-0.05, 0) is 34.7 Å². The molecule has 0 saturated heterocycles. The number of aldehydes is 1. The Balaban J connectivity index is 2.48. The van der Waals surface area contributed by atoms with Gasteiger partial charge in [0, 0.05) is 11.1 Å². The molecule has 0 aliphatic heterocycles. The molecule has 0 bridgehead atoms. The lowest BCUT2D eigenvalue weighted by Crippen LogP contribution is -2.10. The Kier molecular flexibility index (Phi) is 3.93. The zero-order chi connectivity index (χ0) is 14.8. The summed E-state index contributed by atoms with van der Waals surface area (Å²) in [6.45, 7) is 6.57. The van der Waals surface area contributed by atoms with Crippen molar-refractivity contribution >= 4 is 6.29 Å². The third-order valence-electron chi connectivity index (χ3n) is 3.42. The molecule has 0 aliphatic rings. The number of ether oxygens (including phenoxy) is 1. The highest BCUT2D eigenvalue weighted by atomic mass is 16.5. The first-order valence-electron chi connectivity index (χ1n) is 6.70. The molecule has 2 aromatic rings. The van der Waals surface area contributed by atoms with E-state index in [4.69, 9.17) is 4.74 Å². The van der Waals surface area contributed by atoms with Crippen molar-refractivity contribution in [1.82, 2.24) is 0 Å². The van der Waals surface area contributed by atoms with Gasteiger partial charge in [-0.15, -0.1) is 0 Å². The van der Waals surface area contributed by atoms with E-state index in [2.05, 4.69) is 45.0 Å². The molecule has 0 aromatic heterocycles. The van der Waals surface area contributed by atoms with Crippen LogP contribution in [-0.2, 0) is 5.41 Å². The zero-order valence-corrected chi connectivity index (χ0v) is 12.4. The van der Waals surface area contributed by atoms with Gasteiger partial charge in [0.2, 0.25) is 0 Å². The normalized spacial score (nSPS) is 11.2. The molecule has 20 heavy (non-hydrogen) atoms. The van der Waals surface area contributed by atoms with Gasteiger partial charge >= 0.3 is 0 Å². The fourth-order valence-electron chi connectivity index (χ4n) is 2.17. The molecule has 104 valence electrons. The molecule has 2 nitrogen and oxygen atoms in total. The van der Waals surface area contributed by atoms with Crippen molar-refractivity contribution in [2.24, 2.45) is 0 Å². The van der Waals surface area contributed by atoms with E-state index < -0.39 is 0 Å². The highest BCUT2D eigenvalue weighted by Gasteiger charge is 2.14. The fourth-order valence-corrected chi connectivity index (χ4v) is 2.17. The number of hydrogen-bond acceptors (Lipinski definition) is 2. The van der Waals surface area contributed by atoms with Crippen molar-refractivity contribution in [3.05, 3.63) is 53.6 Å². The van der Waals surface area contributed by atoms with Crippen LogP contribution in [0.15, 0.2) is 42.5 Å². The minimum Gasteiger partial charge on any atom is -0.496 e. The van der Waals surface area contributed by atoms with Gasteiger partial charge in [0.05, 0.1) is 7.11 Å². The summed E-state index contributed by atoms with van der Waals surface area (Å²) in [5, 5.41) is 0. The lowest BCUT2D eigenvalue weighted by molar-refractivity contribution is 0.112. The second-order valence-corrected chi connectivity index (χ2v) is 5.90. The molecule has 0 saturated carbocycles. The van der Waals surface area contributed by atoms with E-state index in [-0.39, 0.29) is 5.41 Å². The van der Waals surface area contributed by atoms with Crippen molar-refractivity contribution in [1.29, 1.82) is 0 Å². The second kappa shape index (κ2) is 5.49. The van der Waals surface area contributed by atoms with Crippen LogP contribution < -0.4 is 4.74 Å². The SMILES string of the molecule is COc1ccc(C=O)cc1-c1ccc(C(C)(C)C)cc1. The number of carbonyl (C=O) groups is 1. The smallest absolute Gasteiger partial charge is 0.150 e. The summed E-state index contributed by atoms with van der Waals surface area (Å²) in [5.74, 6) is 0.777. The van der Waals surface area contributed by atoms with Crippen molar-refractivity contribution in [3.8, 4) is 16.9 Å². The van der Waals surface area contributed by atoms with Crippen LogP contribution in [0.3, 0.4) is 0 Å². The maximum absolute atomic E-state index is 10.9. The van der Waals surface area contributed by atoms with Gasteiger partial charge in [0.15, 0.2) is 0 Å². The molecule has 0 N–H and O–H groups in total. The first-order chi connectivity index (χ1) is 9.45. The molecule has 2 rings (SSSR count). The van der Waals surface area contributed by atoms with Crippen LogP contribution in [0.1, 0.15) is 36.7 Å². The van der Waals surface area contributed by atoms with Gasteiger partial charge in [0.25, 0.3) is 0 Å². The van der Waals surface area contributed by atoms with Crippen LogP contribution in [0.5, 0.6) is 5.75 Å². The third kappa shape index (κ3) is 2.90. The van der Waals surface area contributed by atoms with Gasteiger partial charge in [-0.1, -0.05) is 45.0 Å². The fraction of sp³-hybridized carbons (Fsp3) is 0.278. The first-order valence-corrected chi connectivity index (χ1v) is 6.70. The highest BCUT2D eigenvalue weighted by molar-refractivity contribution is 5.81. The quantitative estimate of drug-likeness (QED) is 0.768. The summed E-state index contributed by atoms with van der Waals surface area (Å²) in [7, 11) is 1.64. The number of rotatable bonds is 3. The van der Waals surface area contributed by atoms with Crippen molar-refractivity contribution in [2.75, 3.05) is 7.11 Å². The molecular weight excluding hydrogens is 248 g/mol. The van der Waals surface area contributed by atoms with Crippen molar-refractivity contribution < 1.29 is 9.53 Å². The van der Waals surface area contributed by atoms with Crippen molar-refractivity contribution in [3.63, 3.8) is 0 Å². The van der Waals surface area contributed by atoms with Crippen LogP contribution >= 0.6 is 0 Å². The molecule has 0 spiro atoms. The Morgan fingerprint density at radius 2 is 1.65 bits per heavy atom. The molecule has 2 heteroatoms. The average molecular weight is 268 g/mol. The highest BCUT2D eigenvalue weighted by Crippen LogP contribution is 2.32. The monoisotopic (exact) mass is 268 g/mol. The van der Waals surface area contributed by atoms with E-state index >= 15 is 0 Å². The number of methoxy groups -OCH3 is 1. The lowest BCUT2D eigenvalue weighted by atomic mass is 9.86. The largest absolute Gasteiger partial charge is 0.496 e. The van der Waals surface area contributed by atoms with E-state index in [9.17, 15) is 4.79 Å². The molecular formula is C18H20O2. The number of carbonyl (C=O) groups excluding carboxylic acids is 1. The Morgan fingerprint density at radius 1 is 1.00 bits per heavy atom. The minimum atomic E-state index is 0.132. The summed E-state index contributed by atoms with van der Waals surface area (Å²) < 4.78 is 5.38. The Labute approximate surface area is 120 Å². The van der Waals surface area contributed by atoms with Crippen LogP contribution in [0, 0.1) is 0 Å². The predicted octanol–water partition coefficient (Wildman–Crippen LogP) is 4.47. The van der Waals surface area contributed by atoms with Crippen LogP contribution in [0.25, 0.3) is 11.1 Å². The van der Waals surface area contributed by atoms with Gasteiger partial charge in [-0.3, -0.25) is 4.79 Å². The molecule has 0 aliphatic carbocycles. The van der Waals surface area contributed by atoms with E-state index in [1.807, 2.05) is 12.1 Å². The van der Waals surface area contributed by atoms with Gasteiger partial charge in [-0.2, -0.15) is 0 Å². The molecule has 0 unspecified atom stereocenters. The topological polar surface area (TPSA) is 26.3 Å². The van der Waals surface area contributed by atoms with E-state index in [1.165, 1.54) is 5.56 Å². The number of benzene rings is 2. The predicted molar refractivity (Wildman–Crippen MR) is 82.5 cm³/mol. The Bertz CT molecular complexity index is 604. The summed E-state index contributed by atoms with van der Waals surface area (Å²) in [6.07, 6.45) is 0.854. The third-order valence-corrected chi connectivity index (χ3v) is 3.42. The van der Waals surface area contributed by atoms with Crippen LogP contribution in [0.4, 0.5) is 0 Å². The molecule has 0 fully saturated rings. The van der Waals surface area contributed by atoms with E-state index in [0.717, 1.165) is 23.2 Å². The summed E-state index contributed by atoms with van der Waals surface area (Å²) in [6, 6.07) is 13.9. The van der Waals surface area contributed by atoms with Gasteiger partial charge < -0.3 is 4.74 Å². The maximum Gasteiger partial charge on any atom is 0.150 e. The Morgan fingerprint density at radius 3 is 2.15 bits per heavy atom. The molecule has 0 radical (unpaired) electrons. The van der Waals surface area contributed by atoms with Crippen molar-refractivity contribution in [2.45, 2.75) is 26.2 Å². The lowest BCUT2D eigenvalue weighted by Gasteiger charge is -2.19. The second-order valence-electron chi connectivity index (χ2n) is 5.90. The minimum absolute atomic E-state index is 0.132. The zero-order valence-electron chi connectivity index (χ0n) is 12.4. The number of hydrogen-bond donors (Lipinski definition) is 0. The van der Waals surface area contributed by atoms with Crippen LogP contribution in [0.2, 0.25) is 0 Å². The first kappa shape index (κ1) is 14.3. The molecule has 2 aromatic carbocycles. The molecule has 0 atom stereocenters. The van der Waals surface area contributed by atoms with E-state index in [1.54, 1.807) is 13.2 Å². The Hall–Kier alpha value is -2.09. The average Bonchev–Trinajstić information content (AvgIpc) is 2.45.